The molecule has 0 amide bonds. The first kappa shape index (κ1) is 15.4. The molecule has 1 aromatic heterocycles. The minimum absolute atomic E-state index is 0.121. The molecule has 1 fully saturated rings. The average molecular weight is 318 g/mol. The molecule has 0 bridgehead atoms. The van der Waals surface area contributed by atoms with Crippen LogP contribution in [-0.4, -0.2) is 30.0 Å². The van der Waals surface area contributed by atoms with Gasteiger partial charge in [-0.3, -0.25) is 5.10 Å². The van der Waals surface area contributed by atoms with Gasteiger partial charge < -0.3 is 10.1 Å². The summed E-state index contributed by atoms with van der Waals surface area (Å²) < 4.78 is 20.0. The van der Waals surface area contributed by atoms with Gasteiger partial charge in [0.05, 0.1) is 4.36 Å². The van der Waals surface area contributed by atoms with Gasteiger partial charge >= 0.3 is 0 Å². The van der Waals surface area contributed by atoms with Crippen LogP contribution in [0, 0.1) is 5.82 Å². The average Bonchev–Trinajstić information content (AvgIpc) is 2.78. The minimum Gasteiger partial charge on any atom is -0.381 e. The van der Waals surface area contributed by atoms with Crippen LogP contribution in [0.5, 0.6) is 0 Å². The van der Waals surface area contributed by atoms with Crippen LogP contribution in [-0.2, 0) is 4.74 Å². The number of aromatic amines is 1. The molecule has 1 aliphatic heterocycles. The van der Waals surface area contributed by atoms with Crippen LogP contribution < -0.4 is 5.32 Å². The molecule has 0 aliphatic carbocycles. The maximum Gasteiger partial charge on any atom is 0.188 e. The molecule has 2 N–H and O–H groups in total. The molecule has 0 radical (unpaired) electrons. The highest BCUT2D eigenvalue weighted by Gasteiger charge is 2.24. The Kier molecular flexibility index (Phi) is 5.51. The maximum absolute atomic E-state index is 14.3. The first-order valence-corrected chi connectivity index (χ1v) is 7.52. The summed E-state index contributed by atoms with van der Waals surface area (Å²) in [5, 5.41) is 9.71. The van der Waals surface area contributed by atoms with E-state index in [0.717, 1.165) is 17.7 Å². The van der Waals surface area contributed by atoms with Gasteiger partial charge in [0.25, 0.3) is 0 Å². The van der Waals surface area contributed by atoms with E-state index in [4.69, 9.17) is 16.3 Å². The molecule has 20 heavy (non-hydrogen) atoms. The zero-order valence-corrected chi connectivity index (χ0v) is 12.6. The van der Waals surface area contributed by atoms with Gasteiger partial charge in [-0.25, -0.2) is 4.39 Å². The van der Waals surface area contributed by atoms with E-state index in [1.807, 2.05) is 0 Å². The number of ether oxygens (including phenoxy) is 1. The summed E-state index contributed by atoms with van der Waals surface area (Å²) in [4.78, 5) is 0.756. The third-order valence-corrected chi connectivity index (χ3v) is 3.94. The molecule has 2 heterocycles. The smallest absolute Gasteiger partial charge is 0.188 e. The zero-order valence-electron chi connectivity index (χ0n) is 11.0. The fourth-order valence-corrected chi connectivity index (χ4v) is 2.87. The Balaban J connectivity index is 1.94. The lowest BCUT2D eigenvalue weighted by atomic mass is 9.96. The highest BCUT2D eigenvalue weighted by atomic mass is 35.5. The number of rotatable bonds is 6. The van der Waals surface area contributed by atoms with E-state index in [1.54, 1.807) is 0 Å². The molecule has 0 unspecified atom stereocenters. The summed E-state index contributed by atoms with van der Waals surface area (Å²) in [5.74, 6) is 0.0866. The number of thioether (sulfide) groups is 1. The van der Waals surface area contributed by atoms with Crippen molar-refractivity contribution in [3.05, 3.63) is 33.9 Å². The lowest BCUT2D eigenvalue weighted by Gasteiger charge is -2.19. The van der Waals surface area contributed by atoms with E-state index in [9.17, 15) is 4.39 Å². The highest BCUT2D eigenvalue weighted by molar-refractivity contribution is 8.08. The van der Waals surface area contributed by atoms with Crippen molar-refractivity contribution in [2.24, 2.45) is 0 Å². The number of halogens is 2. The van der Waals surface area contributed by atoms with Crippen molar-refractivity contribution < 1.29 is 9.13 Å². The first-order valence-electron chi connectivity index (χ1n) is 6.33. The molecule has 2 rings (SSSR count). The molecule has 1 aliphatic rings. The maximum atomic E-state index is 14.3. The first-order chi connectivity index (χ1) is 9.58. The van der Waals surface area contributed by atoms with Crippen LogP contribution in [0.3, 0.4) is 0 Å². The summed E-state index contributed by atoms with van der Waals surface area (Å²) in [6, 6.07) is 0. The van der Waals surface area contributed by atoms with Gasteiger partial charge in [-0.15, -0.1) is 0 Å². The van der Waals surface area contributed by atoms with Gasteiger partial charge in [-0.1, -0.05) is 36.5 Å². The van der Waals surface area contributed by atoms with Gasteiger partial charge in [0.1, 0.15) is 5.69 Å². The molecule has 0 spiro atoms. The highest BCUT2D eigenvalue weighted by Crippen LogP contribution is 2.30. The number of hydrogen-bond acceptors (Lipinski definition) is 4. The number of aromatic nitrogens is 2. The standard InChI is InChI=1S/C13H17ClFN3OS/c1-8(20-9(2)14)7-16-13-11(15)12(17-18-13)10-3-5-19-6-4-10/h10H,1-7H2,(H2,16,17,18). The van der Waals surface area contributed by atoms with Gasteiger partial charge in [0.15, 0.2) is 11.6 Å². The Hall–Kier alpha value is -0.980. The second-order valence-corrected chi connectivity index (χ2v) is 6.49. The van der Waals surface area contributed by atoms with Gasteiger partial charge in [0, 0.05) is 30.6 Å². The minimum atomic E-state index is -0.320. The van der Waals surface area contributed by atoms with Crippen molar-refractivity contribution >= 4 is 29.2 Å². The molecule has 1 aromatic rings. The second-order valence-electron chi connectivity index (χ2n) is 4.53. The normalized spacial score (nSPS) is 16.1. The fraction of sp³-hybridized carbons (Fsp3) is 0.462. The lowest BCUT2D eigenvalue weighted by molar-refractivity contribution is 0.0838. The number of hydrogen-bond donors (Lipinski definition) is 2. The second kappa shape index (κ2) is 7.15. The third-order valence-electron chi connectivity index (χ3n) is 3.06. The zero-order chi connectivity index (χ0) is 14.5. The predicted octanol–water partition coefficient (Wildman–Crippen LogP) is 3.81. The van der Waals surface area contributed by atoms with Crippen molar-refractivity contribution in [2.45, 2.75) is 18.8 Å². The number of H-pyrrole nitrogens is 1. The Morgan fingerprint density at radius 3 is 2.85 bits per heavy atom. The Labute approximate surface area is 126 Å². The van der Waals surface area contributed by atoms with E-state index in [-0.39, 0.29) is 17.6 Å². The SMILES string of the molecule is C=C(Cl)SC(=C)CNc1[nH]nc(C2CCOCC2)c1F. The van der Waals surface area contributed by atoms with Crippen LogP contribution in [0.4, 0.5) is 10.2 Å². The predicted molar refractivity (Wildman–Crippen MR) is 81.6 cm³/mol. The van der Waals surface area contributed by atoms with E-state index in [1.165, 1.54) is 11.8 Å². The van der Waals surface area contributed by atoms with Crippen molar-refractivity contribution in [3.63, 3.8) is 0 Å². The number of anilines is 1. The molecule has 110 valence electrons. The third kappa shape index (κ3) is 4.01. The van der Waals surface area contributed by atoms with Crippen molar-refractivity contribution in [2.75, 3.05) is 25.1 Å². The number of nitrogens with zero attached hydrogens (tertiary/aromatic N) is 1. The van der Waals surface area contributed by atoms with Crippen molar-refractivity contribution in [3.8, 4) is 0 Å². The summed E-state index contributed by atoms with van der Waals surface area (Å²) in [7, 11) is 0. The summed E-state index contributed by atoms with van der Waals surface area (Å²) >= 11 is 6.92. The quantitative estimate of drug-likeness (QED) is 0.837. The molecule has 0 atom stereocenters. The monoisotopic (exact) mass is 317 g/mol. The van der Waals surface area contributed by atoms with E-state index >= 15 is 0 Å². The molecule has 0 saturated carbocycles. The van der Waals surface area contributed by atoms with Crippen molar-refractivity contribution in [1.82, 2.24) is 10.2 Å². The largest absolute Gasteiger partial charge is 0.381 e. The Bertz CT molecular complexity index is 500. The lowest BCUT2D eigenvalue weighted by Crippen LogP contribution is -2.15. The molecular weight excluding hydrogens is 301 g/mol. The van der Waals surface area contributed by atoms with Crippen molar-refractivity contribution in [1.29, 1.82) is 0 Å². The molecule has 7 heteroatoms. The Morgan fingerprint density at radius 1 is 1.50 bits per heavy atom. The van der Waals surface area contributed by atoms with Crippen LogP contribution in [0.1, 0.15) is 24.5 Å². The summed E-state index contributed by atoms with van der Waals surface area (Å²) in [5.41, 5.74) is 0.482. The molecule has 1 saturated heterocycles. The van der Waals surface area contributed by atoms with Gasteiger partial charge in [-0.2, -0.15) is 5.10 Å². The van der Waals surface area contributed by atoms with Gasteiger partial charge in [0.2, 0.25) is 0 Å². The molecule has 0 aromatic carbocycles. The summed E-state index contributed by atoms with van der Waals surface area (Å²) in [6.07, 6.45) is 1.60. The Morgan fingerprint density at radius 2 is 2.20 bits per heavy atom. The molecular formula is C13H17ClFN3OS. The number of nitrogens with one attached hydrogen (secondary N) is 2. The topological polar surface area (TPSA) is 49.9 Å². The van der Waals surface area contributed by atoms with Crippen LogP contribution in [0.2, 0.25) is 0 Å². The fourth-order valence-electron chi connectivity index (χ4n) is 2.08. The van der Waals surface area contributed by atoms with Crippen LogP contribution in [0.25, 0.3) is 0 Å². The van der Waals surface area contributed by atoms with Crippen LogP contribution >= 0.6 is 23.4 Å². The summed E-state index contributed by atoms with van der Waals surface area (Å²) in [6.45, 7) is 9.09. The van der Waals surface area contributed by atoms with Crippen LogP contribution in [0.15, 0.2) is 22.4 Å². The van der Waals surface area contributed by atoms with Gasteiger partial charge in [-0.05, 0) is 12.8 Å². The van der Waals surface area contributed by atoms with E-state index in [0.29, 0.717) is 29.8 Å². The van der Waals surface area contributed by atoms with E-state index < -0.39 is 0 Å². The van der Waals surface area contributed by atoms with E-state index in [2.05, 4.69) is 28.7 Å². The molecule has 4 nitrogen and oxygen atoms in total.